The number of hydrogen-bond acceptors (Lipinski definition) is 2. The van der Waals surface area contributed by atoms with Crippen molar-refractivity contribution in [1.29, 1.82) is 0 Å². The Kier molecular flexibility index (Phi) is 3.82. The van der Waals surface area contributed by atoms with Crippen LogP contribution < -0.4 is 4.90 Å². The summed E-state index contributed by atoms with van der Waals surface area (Å²) in [5, 5.41) is 1.63. The van der Waals surface area contributed by atoms with Crippen LogP contribution in [0.5, 0.6) is 0 Å². The molecule has 2 nitrogen and oxygen atoms in total. The van der Waals surface area contributed by atoms with E-state index in [0.717, 1.165) is 17.6 Å². The molecule has 0 bridgehead atoms. The Morgan fingerprint density at radius 3 is 3.00 bits per heavy atom. The van der Waals surface area contributed by atoms with Gasteiger partial charge in [-0.1, -0.05) is 27.5 Å². The van der Waals surface area contributed by atoms with Gasteiger partial charge in [-0.15, -0.1) is 0 Å². The van der Waals surface area contributed by atoms with Crippen LogP contribution in [-0.4, -0.2) is 23.9 Å². The van der Waals surface area contributed by atoms with Crippen molar-refractivity contribution >= 4 is 33.2 Å². The monoisotopic (exact) mass is 248 g/mol. The average molecular weight is 250 g/mol. The number of aromatic nitrogens is 1. The Bertz CT molecular complexity index is 255. The van der Waals surface area contributed by atoms with E-state index in [9.17, 15) is 0 Å². The molecule has 1 rings (SSSR count). The summed E-state index contributed by atoms with van der Waals surface area (Å²) in [7, 11) is 2.00. The van der Waals surface area contributed by atoms with Gasteiger partial charge in [0.1, 0.15) is 0 Å². The largest absolute Gasteiger partial charge is 0.372 e. The molecule has 0 aromatic carbocycles. The Balaban J connectivity index is 2.79. The topological polar surface area (TPSA) is 16.1 Å². The molecule has 0 saturated heterocycles. The third-order valence-corrected chi connectivity index (χ3v) is 2.23. The number of hydrogen-bond donors (Lipinski definition) is 0. The number of pyridine rings is 1. The van der Waals surface area contributed by atoms with Crippen LogP contribution in [0.15, 0.2) is 18.5 Å². The summed E-state index contributed by atoms with van der Waals surface area (Å²) in [4.78, 5) is 6.00. The van der Waals surface area contributed by atoms with E-state index in [4.69, 9.17) is 11.6 Å². The van der Waals surface area contributed by atoms with Gasteiger partial charge in [-0.2, -0.15) is 0 Å². The summed E-state index contributed by atoms with van der Waals surface area (Å²) >= 11 is 9.31. The zero-order valence-electron chi connectivity index (χ0n) is 6.80. The highest BCUT2D eigenvalue weighted by Crippen LogP contribution is 2.22. The van der Waals surface area contributed by atoms with Crippen molar-refractivity contribution < 1.29 is 0 Å². The minimum absolute atomic E-state index is 0.695. The van der Waals surface area contributed by atoms with Crippen molar-refractivity contribution in [2.24, 2.45) is 0 Å². The SMILES string of the molecule is CN(CCBr)c1ccncc1Cl. The predicted octanol–water partition coefficient (Wildman–Crippen LogP) is 2.57. The van der Waals surface area contributed by atoms with Gasteiger partial charge in [-0.3, -0.25) is 4.98 Å². The van der Waals surface area contributed by atoms with Gasteiger partial charge in [-0.05, 0) is 6.07 Å². The maximum atomic E-state index is 5.94. The van der Waals surface area contributed by atoms with E-state index >= 15 is 0 Å². The predicted molar refractivity (Wildman–Crippen MR) is 56.3 cm³/mol. The van der Waals surface area contributed by atoms with Crippen molar-refractivity contribution in [3.8, 4) is 0 Å². The minimum Gasteiger partial charge on any atom is -0.372 e. The fourth-order valence-electron chi connectivity index (χ4n) is 0.925. The molecule has 0 N–H and O–H groups in total. The summed E-state index contributed by atoms with van der Waals surface area (Å²) in [6.45, 7) is 0.934. The fraction of sp³-hybridized carbons (Fsp3) is 0.375. The van der Waals surface area contributed by atoms with Gasteiger partial charge < -0.3 is 4.90 Å². The van der Waals surface area contributed by atoms with Crippen LogP contribution in [0.25, 0.3) is 0 Å². The van der Waals surface area contributed by atoms with Gasteiger partial charge in [0.15, 0.2) is 0 Å². The fourth-order valence-corrected chi connectivity index (χ4v) is 1.72. The lowest BCUT2D eigenvalue weighted by Crippen LogP contribution is -2.19. The van der Waals surface area contributed by atoms with Gasteiger partial charge in [0.05, 0.1) is 10.7 Å². The standard InChI is InChI=1S/C8H10BrClN2/c1-12(5-3-9)8-2-4-11-6-7(8)10/h2,4,6H,3,5H2,1H3. The van der Waals surface area contributed by atoms with Gasteiger partial charge in [0, 0.05) is 31.3 Å². The first-order valence-electron chi connectivity index (χ1n) is 3.62. The highest BCUT2D eigenvalue weighted by molar-refractivity contribution is 9.09. The van der Waals surface area contributed by atoms with E-state index in [0.29, 0.717) is 5.02 Å². The van der Waals surface area contributed by atoms with Crippen molar-refractivity contribution in [2.45, 2.75) is 0 Å². The number of halogens is 2. The molecular weight excluding hydrogens is 239 g/mol. The van der Waals surface area contributed by atoms with E-state index in [1.165, 1.54) is 0 Å². The van der Waals surface area contributed by atoms with Crippen LogP contribution in [0, 0.1) is 0 Å². The van der Waals surface area contributed by atoms with Crippen LogP contribution >= 0.6 is 27.5 Å². The van der Waals surface area contributed by atoms with Gasteiger partial charge in [-0.25, -0.2) is 0 Å². The maximum Gasteiger partial charge on any atom is 0.0822 e. The third-order valence-electron chi connectivity index (χ3n) is 1.58. The molecule has 66 valence electrons. The molecule has 1 aromatic heterocycles. The van der Waals surface area contributed by atoms with Crippen LogP contribution in [0.2, 0.25) is 5.02 Å². The molecule has 0 aliphatic carbocycles. The van der Waals surface area contributed by atoms with Crippen molar-refractivity contribution in [3.63, 3.8) is 0 Å². The van der Waals surface area contributed by atoms with Crippen LogP contribution in [0.3, 0.4) is 0 Å². The molecule has 1 aromatic rings. The molecule has 0 aliphatic rings. The van der Waals surface area contributed by atoms with Crippen LogP contribution in [-0.2, 0) is 0 Å². The highest BCUT2D eigenvalue weighted by atomic mass is 79.9. The molecule has 12 heavy (non-hydrogen) atoms. The lowest BCUT2D eigenvalue weighted by Gasteiger charge is -2.18. The van der Waals surface area contributed by atoms with Gasteiger partial charge in [0.2, 0.25) is 0 Å². The molecule has 0 spiro atoms. The van der Waals surface area contributed by atoms with Crippen molar-refractivity contribution in [3.05, 3.63) is 23.5 Å². The summed E-state index contributed by atoms with van der Waals surface area (Å²) in [5.74, 6) is 0. The molecule has 0 radical (unpaired) electrons. The highest BCUT2D eigenvalue weighted by Gasteiger charge is 2.03. The minimum atomic E-state index is 0.695. The quantitative estimate of drug-likeness (QED) is 0.766. The molecule has 0 unspecified atom stereocenters. The summed E-state index contributed by atoms with van der Waals surface area (Å²) in [5.41, 5.74) is 1.02. The molecule has 0 amide bonds. The number of nitrogens with zero attached hydrogens (tertiary/aromatic N) is 2. The Morgan fingerprint density at radius 1 is 1.67 bits per heavy atom. The molecule has 1 heterocycles. The first-order chi connectivity index (χ1) is 5.75. The van der Waals surface area contributed by atoms with Crippen molar-refractivity contribution in [1.82, 2.24) is 4.98 Å². The van der Waals surface area contributed by atoms with E-state index < -0.39 is 0 Å². The van der Waals surface area contributed by atoms with E-state index in [-0.39, 0.29) is 0 Å². The lowest BCUT2D eigenvalue weighted by molar-refractivity contribution is 0.979. The second-order valence-corrected chi connectivity index (χ2v) is 3.64. The van der Waals surface area contributed by atoms with Crippen LogP contribution in [0.4, 0.5) is 5.69 Å². The van der Waals surface area contributed by atoms with Crippen LogP contribution in [0.1, 0.15) is 0 Å². The molecular formula is C8H10BrClN2. The molecule has 4 heteroatoms. The van der Waals surface area contributed by atoms with E-state index in [1.54, 1.807) is 12.4 Å². The van der Waals surface area contributed by atoms with E-state index in [1.807, 2.05) is 13.1 Å². The number of alkyl halides is 1. The molecule has 0 fully saturated rings. The Labute approximate surface area is 85.7 Å². The second-order valence-electron chi connectivity index (χ2n) is 2.44. The first-order valence-corrected chi connectivity index (χ1v) is 5.12. The zero-order chi connectivity index (χ0) is 8.97. The normalized spacial score (nSPS) is 9.92. The summed E-state index contributed by atoms with van der Waals surface area (Å²) in [6.07, 6.45) is 3.40. The third kappa shape index (κ3) is 2.35. The van der Waals surface area contributed by atoms with E-state index in [2.05, 4.69) is 25.8 Å². The number of anilines is 1. The number of rotatable bonds is 3. The average Bonchev–Trinajstić information content (AvgIpc) is 2.05. The smallest absolute Gasteiger partial charge is 0.0822 e. The zero-order valence-corrected chi connectivity index (χ0v) is 9.14. The maximum absolute atomic E-state index is 5.94. The molecule has 0 saturated carbocycles. The summed E-state index contributed by atoms with van der Waals surface area (Å²) in [6, 6.07) is 1.91. The lowest BCUT2D eigenvalue weighted by atomic mass is 10.4. The van der Waals surface area contributed by atoms with Gasteiger partial charge >= 0.3 is 0 Å². The Morgan fingerprint density at radius 2 is 2.42 bits per heavy atom. The molecule has 0 atom stereocenters. The Hall–Kier alpha value is -0.280. The first kappa shape index (κ1) is 9.81. The summed E-state index contributed by atoms with van der Waals surface area (Å²) < 4.78 is 0. The molecule has 0 aliphatic heterocycles. The van der Waals surface area contributed by atoms with Gasteiger partial charge in [0.25, 0.3) is 0 Å². The van der Waals surface area contributed by atoms with Crippen molar-refractivity contribution in [2.75, 3.05) is 23.8 Å². The second kappa shape index (κ2) is 4.67.